The van der Waals surface area contributed by atoms with E-state index in [-0.39, 0.29) is 11.8 Å². The van der Waals surface area contributed by atoms with Gasteiger partial charge in [0.05, 0.1) is 13.7 Å². The highest BCUT2D eigenvalue weighted by molar-refractivity contribution is 5.96. The van der Waals surface area contributed by atoms with Crippen molar-refractivity contribution < 1.29 is 19.1 Å². The van der Waals surface area contributed by atoms with Gasteiger partial charge in [0.25, 0.3) is 5.91 Å². The standard InChI is InChI=1S/C24H30N2O4/c1-17(2)11-13-30-21-10-9-19(15-22(21)29-3)24(28)25-16-18-6-4-7-20(14-18)26-12-5-8-23(26)27/h4,6-7,9-10,14-15,17H,5,8,11-13,16H2,1-3H3,(H,25,28). The van der Waals surface area contributed by atoms with E-state index in [1.807, 2.05) is 24.3 Å². The summed E-state index contributed by atoms with van der Waals surface area (Å²) >= 11 is 0. The lowest BCUT2D eigenvalue weighted by Gasteiger charge is -2.17. The van der Waals surface area contributed by atoms with E-state index in [9.17, 15) is 9.59 Å². The summed E-state index contributed by atoms with van der Waals surface area (Å²) in [6.07, 6.45) is 2.44. The maximum absolute atomic E-state index is 12.6. The molecule has 2 aromatic carbocycles. The van der Waals surface area contributed by atoms with Gasteiger partial charge in [-0.3, -0.25) is 9.59 Å². The van der Waals surface area contributed by atoms with Crippen molar-refractivity contribution in [2.75, 3.05) is 25.2 Å². The largest absolute Gasteiger partial charge is 0.493 e. The van der Waals surface area contributed by atoms with Crippen LogP contribution in [0.3, 0.4) is 0 Å². The van der Waals surface area contributed by atoms with Crippen molar-refractivity contribution in [3.63, 3.8) is 0 Å². The molecule has 1 saturated heterocycles. The quantitative estimate of drug-likeness (QED) is 0.674. The summed E-state index contributed by atoms with van der Waals surface area (Å²) in [5, 5.41) is 2.93. The van der Waals surface area contributed by atoms with Gasteiger partial charge < -0.3 is 19.7 Å². The lowest BCUT2D eigenvalue weighted by Crippen LogP contribution is -2.25. The first-order valence-corrected chi connectivity index (χ1v) is 10.5. The zero-order valence-electron chi connectivity index (χ0n) is 17.9. The molecule has 1 aliphatic heterocycles. The molecule has 160 valence electrons. The summed E-state index contributed by atoms with van der Waals surface area (Å²) in [5.74, 6) is 1.70. The van der Waals surface area contributed by atoms with Crippen molar-refractivity contribution >= 4 is 17.5 Å². The zero-order valence-corrected chi connectivity index (χ0v) is 17.9. The minimum atomic E-state index is -0.190. The molecule has 6 heteroatoms. The first kappa shape index (κ1) is 21.7. The van der Waals surface area contributed by atoms with Crippen LogP contribution in [0, 0.1) is 5.92 Å². The molecule has 0 atom stereocenters. The minimum Gasteiger partial charge on any atom is -0.493 e. The molecule has 0 unspecified atom stereocenters. The van der Waals surface area contributed by atoms with Gasteiger partial charge in [-0.05, 0) is 54.7 Å². The van der Waals surface area contributed by atoms with Gasteiger partial charge in [0, 0.05) is 30.8 Å². The van der Waals surface area contributed by atoms with Crippen LogP contribution in [0.2, 0.25) is 0 Å². The molecular formula is C24H30N2O4. The molecule has 6 nitrogen and oxygen atoms in total. The van der Waals surface area contributed by atoms with Gasteiger partial charge in [-0.2, -0.15) is 0 Å². The average Bonchev–Trinajstić information content (AvgIpc) is 3.18. The Balaban J connectivity index is 1.61. The van der Waals surface area contributed by atoms with Crippen LogP contribution in [0.4, 0.5) is 5.69 Å². The number of carbonyl (C=O) groups excluding carboxylic acids is 2. The molecule has 0 radical (unpaired) electrons. The first-order chi connectivity index (χ1) is 14.5. The fourth-order valence-corrected chi connectivity index (χ4v) is 3.37. The highest BCUT2D eigenvalue weighted by atomic mass is 16.5. The maximum atomic E-state index is 12.6. The third kappa shape index (κ3) is 5.53. The Morgan fingerprint density at radius 3 is 2.70 bits per heavy atom. The topological polar surface area (TPSA) is 67.9 Å². The summed E-state index contributed by atoms with van der Waals surface area (Å²) in [5.41, 5.74) is 2.34. The van der Waals surface area contributed by atoms with Crippen LogP contribution in [0.1, 0.15) is 49.0 Å². The number of rotatable bonds is 9. The first-order valence-electron chi connectivity index (χ1n) is 10.5. The summed E-state index contributed by atoms with van der Waals surface area (Å²) in [6.45, 7) is 6.03. The Morgan fingerprint density at radius 2 is 2.00 bits per heavy atom. The molecule has 0 aliphatic carbocycles. The SMILES string of the molecule is COc1cc(C(=O)NCc2cccc(N3CCCC3=O)c2)ccc1OCCC(C)C. The molecule has 0 bridgehead atoms. The van der Waals surface area contributed by atoms with Crippen LogP contribution in [0.5, 0.6) is 11.5 Å². The van der Waals surface area contributed by atoms with Crippen LogP contribution >= 0.6 is 0 Å². The molecule has 30 heavy (non-hydrogen) atoms. The van der Waals surface area contributed by atoms with Crippen molar-refractivity contribution in [1.82, 2.24) is 5.32 Å². The monoisotopic (exact) mass is 410 g/mol. The van der Waals surface area contributed by atoms with E-state index in [1.165, 1.54) is 0 Å². The zero-order chi connectivity index (χ0) is 21.5. The van der Waals surface area contributed by atoms with E-state index in [1.54, 1.807) is 30.2 Å². The van der Waals surface area contributed by atoms with E-state index in [0.29, 0.717) is 42.6 Å². The van der Waals surface area contributed by atoms with Crippen molar-refractivity contribution in [3.05, 3.63) is 53.6 Å². The lowest BCUT2D eigenvalue weighted by molar-refractivity contribution is -0.117. The Morgan fingerprint density at radius 1 is 1.17 bits per heavy atom. The molecule has 3 rings (SSSR count). The molecular weight excluding hydrogens is 380 g/mol. The van der Waals surface area contributed by atoms with Crippen LogP contribution in [-0.2, 0) is 11.3 Å². The predicted octanol–water partition coefficient (Wildman–Crippen LogP) is 4.18. The second-order valence-electron chi connectivity index (χ2n) is 7.90. The van der Waals surface area contributed by atoms with Gasteiger partial charge in [0.1, 0.15) is 0 Å². The van der Waals surface area contributed by atoms with E-state index in [4.69, 9.17) is 9.47 Å². The molecule has 2 aromatic rings. The number of nitrogens with one attached hydrogen (secondary N) is 1. The molecule has 1 fully saturated rings. The number of ether oxygens (including phenoxy) is 2. The molecule has 1 heterocycles. The number of amides is 2. The third-order valence-electron chi connectivity index (χ3n) is 5.13. The number of anilines is 1. The van der Waals surface area contributed by atoms with Crippen molar-refractivity contribution in [2.24, 2.45) is 5.92 Å². The molecule has 1 N–H and O–H groups in total. The van der Waals surface area contributed by atoms with E-state index in [0.717, 1.165) is 30.6 Å². The summed E-state index contributed by atoms with van der Waals surface area (Å²) in [6, 6.07) is 12.9. The smallest absolute Gasteiger partial charge is 0.251 e. The second kappa shape index (κ2) is 10.1. The van der Waals surface area contributed by atoms with E-state index >= 15 is 0 Å². The highest BCUT2D eigenvalue weighted by Gasteiger charge is 2.21. The Labute approximate surface area is 178 Å². The lowest BCUT2D eigenvalue weighted by atomic mass is 10.1. The Kier molecular flexibility index (Phi) is 7.33. The number of benzene rings is 2. The van der Waals surface area contributed by atoms with Gasteiger partial charge >= 0.3 is 0 Å². The summed E-state index contributed by atoms with van der Waals surface area (Å²) < 4.78 is 11.2. The molecule has 0 aromatic heterocycles. The van der Waals surface area contributed by atoms with Crippen LogP contribution < -0.4 is 19.7 Å². The third-order valence-corrected chi connectivity index (χ3v) is 5.13. The van der Waals surface area contributed by atoms with Gasteiger partial charge in [-0.1, -0.05) is 26.0 Å². The average molecular weight is 411 g/mol. The number of hydrogen-bond donors (Lipinski definition) is 1. The van der Waals surface area contributed by atoms with Crippen LogP contribution in [-0.4, -0.2) is 32.1 Å². The number of nitrogens with zero attached hydrogens (tertiary/aromatic N) is 1. The van der Waals surface area contributed by atoms with Crippen LogP contribution in [0.25, 0.3) is 0 Å². The van der Waals surface area contributed by atoms with Gasteiger partial charge in [-0.25, -0.2) is 0 Å². The Bertz CT molecular complexity index is 895. The van der Waals surface area contributed by atoms with Crippen LogP contribution in [0.15, 0.2) is 42.5 Å². The minimum absolute atomic E-state index is 0.152. The fourth-order valence-electron chi connectivity index (χ4n) is 3.37. The van der Waals surface area contributed by atoms with E-state index in [2.05, 4.69) is 19.2 Å². The van der Waals surface area contributed by atoms with E-state index < -0.39 is 0 Å². The fraction of sp³-hybridized carbons (Fsp3) is 0.417. The van der Waals surface area contributed by atoms with Gasteiger partial charge in [0.15, 0.2) is 11.5 Å². The van der Waals surface area contributed by atoms with Crippen molar-refractivity contribution in [1.29, 1.82) is 0 Å². The van der Waals surface area contributed by atoms with Crippen molar-refractivity contribution in [3.8, 4) is 11.5 Å². The van der Waals surface area contributed by atoms with Gasteiger partial charge in [0.2, 0.25) is 5.91 Å². The molecule has 1 aliphatic rings. The Hall–Kier alpha value is -3.02. The second-order valence-corrected chi connectivity index (χ2v) is 7.90. The normalized spacial score (nSPS) is 13.6. The molecule has 0 saturated carbocycles. The summed E-state index contributed by atoms with van der Waals surface area (Å²) in [7, 11) is 1.57. The molecule has 2 amide bonds. The number of carbonyl (C=O) groups is 2. The number of methoxy groups -OCH3 is 1. The van der Waals surface area contributed by atoms with Crippen molar-refractivity contribution in [2.45, 2.75) is 39.7 Å². The van der Waals surface area contributed by atoms with Gasteiger partial charge in [-0.15, -0.1) is 0 Å². The molecule has 0 spiro atoms. The maximum Gasteiger partial charge on any atom is 0.251 e. The highest BCUT2D eigenvalue weighted by Crippen LogP contribution is 2.28. The predicted molar refractivity (Wildman–Crippen MR) is 117 cm³/mol. The number of hydrogen-bond acceptors (Lipinski definition) is 4. The summed E-state index contributed by atoms with van der Waals surface area (Å²) in [4.78, 5) is 26.4.